The smallest absolute Gasteiger partial charge is 0.237 e. The maximum Gasteiger partial charge on any atom is 0.237 e. The van der Waals surface area contributed by atoms with E-state index in [2.05, 4.69) is 10.3 Å². The molecular formula is C16H21N3OS. The first-order chi connectivity index (χ1) is 10.1. The molecular weight excluding hydrogens is 282 g/mol. The number of nitrogens with zero attached hydrogens (tertiary/aromatic N) is 1. The Balaban J connectivity index is 1.82. The minimum Gasteiger partial charge on any atom is -0.346 e. The molecule has 0 aliphatic heterocycles. The van der Waals surface area contributed by atoms with E-state index in [1.807, 2.05) is 50.4 Å². The largest absolute Gasteiger partial charge is 0.346 e. The molecule has 3 N–H and O–H groups in total. The molecule has 1 heterocycles. The molecule has 1 amide bonds. The van der Waals surface area contributed by atoms with Gasteiger partial charge >= 0.3 is 0 Å². The third-order valence-corrected chi connectivity index (χ3v) is 4.39. The first-order valence-corrected chi connectivity index (χ1v) is 7.90. The Morgan fingerprint density at radius 3 is 2.71 bits per heavy atom. The van der Waals surface area contributed by atoms with Crippen molar-refractivity contribution < 1.29 is 4.79 Å². The van der Waals surface area contributed by atoms with Crippen molar-refractivity contribution in [3.63, 3.8) is 0 Å². The van der Waals surface area contributed by atoms with Crippen molar-refractivity contribution in [3.8, 4) is 0 Å². The van der Waals surface area contributed by atoms with Gasteiger partial charge in [-0.05, 0) is 32.3 Å². The van der Waals surface area contributed by atoms with Gasteiger partial charge in [-0.15, -0.1) is 11.3 Å². The van der Waals surface area contributed by atoms with Crippen molar-refractivity contribution in [2.24, 2.45) is 5.73 Å². The maximum absolute atomic E-state index is 12.1. The number of nitrogens with one attached hydrogen (secondary N) is 1. The fourth-order valence-corrected chi connectivity index (χ4v) is 2.83. The van der Waals surface area contributed by atoms with Gasteiger partial charge in [-0.25, -0.2) is 4.98 Å². The van der Waals surface area contributed by atoms with Crippen LogP contribution in [0.5, 0.6) is 0 Å². The van der Waals surface area contributed by atoms with Gasteiger partial charge in [0.05, 0.1) is 12.1 Å². The highest BCUT2D eigenvalue weighted by atomic mass is 32.1. The Kier molecular flexibility index (Phi) is 5.47. The number of aromatic nitrogens is 1. The summed E-state index contributed by atoms with van der Waals surface area (Å²) < 4.78 is 0. The first kappa shape index (κ1) is 15.7. The fraction of sp³-hybridized carbons (Fsp3) is 0.375. The lowest BCUT2D eigenvalue weighted by molar-refractivity contribution is -0.123. The van der Waals surface area contributed by atoms with E-state index in [0.29, 0.717) is 6.42 Å². The SMILES string of the molecule is Cc1cnc(C(C)NC(=O)C(N)CCc2ccccc2)s1. The van der Waals surface area contributed by atoms with Crippen LogP contribution in [0.15, 0.2) is 36.5 Å². The van der Waals surface area contributed by atoms with Crippen LogP contribution in [-0.4, -0.2) is 16.9 Å². The highest BCUT2D eigenvalue weighted by Crippen LogP contribution is 2.19. The number of hydrogen-bond acceptors (Lipinski definition) is 4. The van der Waals surface area contributed by atoms with Crippen LogP contribution in [0.1, 0.15) is 34.8 Å². The van der Waals surface area contributed by atoms with Gasteiger partial charge in [-0.3, -0.25) is 4.79 Å². The van der Waals surface area contributed by atoms with Gasteiger partial charge < -0.3 is 11.1 Å². The summed E-state index contributed by atoms with van der Waals surface area (Å²) in [4.78, 5) is 17.5. The molecule has 1 aromatic carbocycles. The van der Waals surface area contributed by atoms with Gasteiger partial charge in [0.25, 0.3) is 0 Å². The molecule has 1 aromatic heterocycles. The monoisotopic (exact) mass is 303 g/mol. The second kappa shape index (κ2) is 7.33. The average molecular weight is 303 g/mol. The van der Waals surface area contributed by atoms with Crippen LogP contribution in [0.25, 0.3) is 0 Å². The minimum absolute atomic E-state index is 0.0982. The second-order valence-electron chi connectivity index (χ2n) is 5.17. The van der Waals surface area contributed by atoms with Crippen molar-refractivity contribution in [2.75, 3.05) is 0 Å². The molecule has 0 saturated heterocycles. The predicted molar refractivity (Wildman–Crippen MR) is 86.1 cm³/mol. The summed E-state index contributed by atoms with van der Waals surface area (Å²) >= 11 is 1.59. The summed E-state index contributed by atoms with van der Waals surface area (Å²) in [6.07, 6.45) is 3.26. The maximum atomic E-state index is 12.1. The Hall–Kier alpha value is -1.72. The molecule has 0 bridgehead atoms. The van der Waals surface area contributed by atoms with Crippen LogP contribution in [0.4, 0.5) is 0 Å². The number of carbonyl (C=O) groups is 1. The lowest BCUT2D eigenvalue weighted by atomic mass is 10.1. The molecule has 0 aliphatic rings. The number of rotatable bonds is 6. The zero-order valence-corrected chi connectivity index (χ0v) is 13.2. The van der Waals surface area contributed by atoms with E-state index in [0.717, 1.165) is 16.3 Å². The molecule has 112 valence electrons. The van der Waals surface area contributed by atoms with E-state index in [1.165, 1.54) is 5.56 Å². The number of hydrogen-bond donors (Lipinski definition) is 2. The van der Waals surface area contributed by atoms with Crippen molar-refractivity contribution in [1.82, 2.24) is 10.3 Å². The zero-order valence-electron chi connectivity index (χ0n) is 12.4. The number of amides is 1. The normalized spacial score (nSPS) is 13.7. The van der Waals surface area contributed by atoms with Gasteiger partial charge in [0.1, 0.15) is 5.01 Å². The third-order valence-electron chi connectivity index (χ3n) is 3.29. The molecule has 2 rings (SSSR count). The summed E-state index contributed by atoms with van der Waals surface area (Å²) in [5, 5.41) is 3.84. The van der Waals surface area contributed by atoms with Crippen molar-refractivity contribution in [2.45, 2.75) is 38.8 Å². The van der Waals surface area contributed by atoms with Gasteiger partial charge in [0.15, 0.2) is 0 Å². The topological polar surface area (TPSA) is 68.0 Å². The van der Waals surface area contributed by atoms with E-state index in [4.69, 9.17) is 5.73 Å². The third kappa shape index (κ3) is 4.65. The van der Waals surface area contributed by atoms with Crippen LogP contribution in [0.3, 0.4) is 0 Å². The van der Waals surface area contributed by atoms with E-state index in [-0.39, 0.29) is 11.9 Å². The van der Waals surface area contributed by atoms with Gasteiger partial charge in [0.2, 0.25) is 5.91 Å². The van der Waals surface area contributed by atoms with E-state index < -0.39 is 6.04 Å². The molecule has 0 fully saturated rings. The van der Waals surface area contributed by atoms with Crippen molar-refractivity contribution in [3.05, 3.63) is 52.0 Å². The fourth-order valence-electron chi connectivity index (χ4n) is 2.05. The van der Waals surface area contributed by atoms with Crippen molar-refractivity contribution >= 4 is 17.2 Å². The zero-order chi connectivity index (χ0) is 15.2. The Morgan fingerprint density at radius 1 is 1.38 bits per heavy atom. The van der Waals surface area contributed by atoms with Gasteiger partial charge in [-0.2, -0.15) is 0 Å². The molecule has 5 heteroatoms. The number of aryl methyl sites for hydroxylation is 2. The number of carbonyl (C=O) groups excluding carboxylic acids is 1. The molecule has 0 spiro atoms. The lowest BCUT2D eigenvalue weighted by Gasteiger charge is -2.16. The highest BCUT2D eigenvalue weighted by molar-refractivity contribution is 7.11. The molecule has 0 saturated carbocycles. The van der Waals surface area contributed by atoms with Crippen LogP contribution in [0, 0.1) is 6.92 Å². The Labute approximate surface area is 129 Å². The van der Waals surface area contributed by atoms with Gasteiger partial charge in [0, 0.05) is 11.1 Å². The summed E-state index contributed by atoms with van der Waals surface area (Å²) in [6.45, 7) is 3.93. The summed E-state index contributed by atoms with van der Waals surface area (Å²) in [5.41, 5.74) is 7.17. The number of benzene rings is 1. The van der Waals surface area contributed by atoms with Crippen LogP contribution < -0.4 is 11.1 Å². The van der Waals surface area contributed by atoms with Crippen LogP contribution in [-0.2, 0) is 11.2 Å². The van der Waals surface area contributed by atoms with E-state index in [9.17, 15) is 4.79 Å². The van der Waals surface area contributed by atoms with E-state index >= 15 is 0 Å². The number of nitrogens with two attached hydrogens (primary N) is 1. The Morgan fingerprint density at radius 2 is 2.10 bits per heavy atom. The molecule has 21 heavy (non-hydrogen) atoms. The molecule has 0 aliphatic carbocycles. The standard InChI is InChI=1S/C16H21N3OS/c1-11-10-18-16(21-11)12(2)19-15(20)14(17)9-8-13-6-4-3-5-7-13/h3-7,10,12,14H,8-9,17H2,1-2H3,(H,19,20). The van der Waals surface area contributed by atoms with Crippen LogP contribution in [0.2, 0.25) is 0 Å². The molecule has 4 nitrogen and oxygen atoms in total. The first-order valence-electron chi connectivity index (χ1n) is 7.08. The van der Waals surface area contributed by atoms with E-state index in [1.54, 1.807) is 11.3 Å². The Bertz CT molecular complexity index is 582. The second-order valence-corrected chi connectivity index (χ2v) is 6.44. The minimum atomic E-state index is -0.492. The molecule has 2 aromatic rings. The van der Waals surface area contributed by atoms with Crippen LogP contribution >= 0.6 is 11.3 Å². The number of thiazole rings is 1. The molecule has 2 atom stereocenters. The van der Waals surface area contributed by atoms with Gasteiger partial charge in [-0.1, -0.05) is 30.3 Å². The molecule has 0 radical (unpaired) electrons. The van der Waals surface area contributed by atoms with Crippen molar-refractivity contribution in [1.29, 1.82) is 0 Å². The summed E-state index contributed by atoms with van der Waals surface area (Å²) in [5.74, 6) is -0.119. The lowest BCUT2D eigenvalue weighted by Crippen LogP contribution is -2.41. The average Bonchev–Trinajstić information content (AvgIpc) is 2.92. The quantitative estimate of drug-likeness (QED) is 0.862. The highest BCUT2D eigenvalue weighted by Gasteiger charge is 2.18. The molecule has 2 unspecified atom stereocenters. The predicted octanol–water partition coefficient (Wildman–Crippen LogP) is 2.59. The summed E-state index contributed by atoms with van der Waals surface area (Å²) in [7, 11) is 0. The summed E-state index contributed by atoms with van der Waals surface area (Å²) in [6, 6.07) is 9.47.